The third kappa shape index (κ3) is 7.98. The summed E-state index contributed by atoms with van der Waals surface area (Å²) < 4.78 is 11.4. The molecule has 1 aromatic carbocycles. The van der Waals surface area contributed by atoms with E-state index in [1.165, 1.54) is 0 Å². The smallest absolute Gasteiger partial charge is 0.408 e. The summed E-state index contributed by atoms with van der Waals surface area (Å²) in [6.07, 6.45) is 3.59. The fourth-order valence-electron chi connectivity index (χ4n) is 2.73. The van der Waals surface area contributed by atoms with Crippen LogP contribution in [0.4, 0.5) is 4.79 Å². The molecule has 0 aromatic heterocycles. The maximum atomic E-state index is 13.2. The van der Waals surface area contributed by atoms with Gasteiger partial charge in [-0.2, -0.15) is 0 Å². The van der Waals surface area contributed by atoms with E-state index in [1.807, 2.05) is 49.4 Å². The first kappa shape index (κ1) is 26.0. The van der Waals surface area contributed by atoms with Crippen LogP contribution in [0.5, 0.6) is 0 Å². The predicted octanol–water partition coefficient (Wildman–Crippen LogP) is 5.66. The number of hydrogen-bond donors (Lipinski definition) is 1. The summed E-state index contributed by atoms with van der Waals surface area (Å²) in [5, 5.41) is 2.75. The van der Waals surface area contributed by atoms with Gasteiger partial charge in [0.15, 0.2) is 0 Å². The molecular formula is C24H39NO4Si. The normalized spacial score (nSPS) is 14.8. The molecule has 0 bridgehead atoms. The van der Waals surface area contributed by atoms with Crippen molar-refractivity contribution in [3.8, 4) is 0 Å². The van der Waals surface area contributed by atoms with E-state index in [9.17, 15) is 9.59 Å². The molecule has 1 N–H and O–H groups in total. The number of alkyl carbamates (subject to hydrolysis) is 1. The van der Waals surface area contributed by atoms with Crippen molar-refractivity contribution in [1.82, 2.24) is 5.32 Å². The van der Waals surface area contributed by atoms with Crippen LogP contribution in [0.1, 0.15) is 54.0 Å². The van der Waals surface area contributed by atoms with Crippen LogP contribution in [0.15, 0.2) is 42.5 Å². The summed E-state index contributed by atoms with van der Waals surface area (Å²) in [5.41, 5.74) is -0.0148. The summed E-state index contributed by atoms with van der Waals surface area (Å²) in [5.74, 6) is -0.447. The molecule has 30 heavy (non-hydrogen) atoms. The minimum absolute atomic E-state index is 0.0327. The average molecular weight is 434 g/mol. The number of nitrogens with one attached hydrogen (secondary N) is 1. The van der Waals surface area contributed by atoms with E-state index in [4.69, 9.17) is 9.47 Å². The number of carbonyl (C=O) groups is 2. The van der Waals surface area contributed by atoms with Crippen LogP contribution in [0.2, 0.25) is 18.1 Å². The lowest BCUT2D eigenvalue weighted by Gasteiger charge is -2.41. The Balaban J connectivity index is 3.11. The highest BCUT2D eigenvalue weighted by Gasteiger charge is 2.44. The van der Waals surface area contributed by atoms with E-state index in [1.54, 1.807) is 20.8 Å². The lowest BCUT2D eigenvalue weighted by atomic mass is 10.1. The first-order valence-corrected chi connectivity index (χ1v) is 13.6. The largest absolute Gasteiger partial charge is 0.461 e. The number of benzene rings is 1. The van der Waals surface area contributed by atoms with Gasteiger partial charge in [-0.3, -0.25) is 0 Å². The number of amides is 1. The number of rotatable bonds is 7. The second-order valence-electron chi connectivity index (χ2n) is 10.2. The highest BCUT2D eigenvalue weighted by Crippen LogP contribution is 2.39. The Bertz CT molecular complexity index is 730. The number of allylic oxidation sites excluding steroid dienone is 1. The summed E-state index contributed by atoms with van der Waals surface area (Å²) >= 11 is 0. The second-order valence-corrected chi connectivity index (χ2v) is 15.8. The number of carbonyl (C=O) groups excluding carboxylic acids is 2. The summed E-state index contributed by atoms with van der Waals surface area (Å²) in [6, 6.07) is 8.74. The third-order valence-electron chi connectivity index (χ3n) is 5.51. The maximum absolute atomic E-state index is 13.2. The van der Waals surface area contributed by atoms with Crippen molar-refractivity contribution in [2.45, 2.75) is 90.4 Å². The van der Waals surface area contributed by atoms with Gasteiger partial charge in [-0.25, -0.2) is 9.59 Å². The molecule has 2 atom stereocenters. The monoisotopic (exact) mass is 433 g/mol. The van der Waals surface area contributed by atoms with Gasteiger partial charge in [0.1, 0.15) is 25.4 Å². The van der Waals surface area contributed by atoms with Crippen molar-refractivity contribution in [3.63, 3.8) is 0 Å². The van der Waals surface area contributed by atoms with Gasteiger partial charge in [-0.05, 0) is 38.3 Å². The highest BCUT2D eigenvalue weighted by molar-refractivity contribution is 6.81. The molecule has 6 heteroatoms. The first-order valence-electron chi connectivity index (χ1n) is 10.5. The predicted molar refractivity (Wildman–Crippen MR) is 125 cm³/mol. The Morgan fingerprint density at radius 3 is 2.10 bits per heavy atom. The van der Waals surface area contributed by atoms with Crippen LogP contribution in [0, 0.1) is 0 Å². The quantitative estimate of drug-likeness (QED) is 0.342. The topological polar surface area (TPSA) is 64.6 Å². The van der Waals surface area contributed by atoms with Gasteiger partial charge < -0.3 is 14.8 Å². The Hall–Kier alpha value is -2.08. The molecule has 1 aromatic rings. The van der Waals surface area contributed by atoms with Crippen LogP contribution < -0.4 is 5.32 Å². The molecule has 0 spiro atoms. The van der Waals surface area contributed by atoms with E-state index in [0.29, 0.717) is 6.42 Å². The van der Waals surface area contributed by atoms with Crippen LogP contribution >= 0.6 is 0 Å². The first-order chi connectivity index (χ1) is 13.7. The van der Waals surface area contributed by atoms with Crippen LogP contribution in [0.25, 0.3) is 0 Å². The molecule has 0 aliphatic heterocycles. The second kappa shape index (κ2) is 10.3. The number of ether oxygens (including phenoxy) is 2. The SMILES string of the molecule is C/C=C\[C@@H](OC(=O)[C@H](Cc1ccccc1)NC(=O)OC(C)(C)C)[Si](C)(C)C(C)(C)C. The van der Waals surface area contributed by atoms with Gasteiger partial charge in [-0.1, -0.05) is 76.3 Å². The van der Waals surface area contributed by atoms with Crippen LogP contribution in [0.3, 0.4) is 0 Å². The molecule has 168 valence electrons. The Kier molecular flexibility index (Phi) is 8.90. The van der Waals surface area contributed by atoms with Crippen molar-refractivity contribution in [2.24, 2.45) is 0 Å². The van der Waals surface area contributed by atoms with Crippen molar-refractivity contribution in [1.29, 1.82) is 0 Å². The Morgan fingerprint density at radius 1 is 1.07 bits per heavy atom. The summed E-state index contributed by atoms with van der Waals surface area (Å²) in [6.45, 7) is 18.3. The molecule has 0 heterocycles. The zero-order valence-electron chi connectivity index (χ0n) is 20.0. The number of hydrogen-bond acceptors (Lipinski definition) is 4. The lowest BCUT2D eigenvalue weighted by Crippen LogP contribution is -2.53. The average Bonchev–Trinajstić information content (AvgIpc) is 2.59. The van der Waals surface area contributed by atoms with Crippen LogP contribution in [-0.2, 0) is 20.7 Å². The van der Waals surface area contributed by atoms with Gasteiger partial charge in [0.05, 0.1) is 0 Å². The molecule has 0 saturated carbocycles. The van der Waals surface area contributed by atoms with E-state index < -0.39 is 31.8 Å². The fourth-order valence-corrected chi connectivity index (χ4v) is 4.67. The minimum Gasteiger partial charge on any atom is -0.461 e. The lowest BCUT2D eigenvalue weighted by molar-refractivity contribution is -0.147. The third-order valence-corrected chi connectivity index (χ3v) is 11.1. The van der Waals surface area contributed by atoms with Crippen molar-refractivity contribution in [3.05, 3.63) is 48.0 Å². The van der Waals surface area contributed by atoms with Gasteiger partial charge in [-0.15, -0.1) is 0 Å². The van der Waals surface area contributed by atoms with E-state index in [0.717, 1.165) is 5.56 Å². The van der Waals surface area contributed by atoms with E-state index in [-0.39, 0.29) is 10.8 Å². The molecular weight excluding hydrogens is 394 g/mol. The van der Waals surface area contributed by atoms with Gasteiger partial charge in [0.25, 0.3) is 0 Å². The van der Waals surface area contributed by atoms with Crippen molar-refractivity contribution < 1.29 is 19.1 Å². The molecule has 0 unspecified atom stereocenters. The zero-order valence-corrected chi connectivity index (χ0v) is 21.0. The standard InChI is InChI=1S/C24H39NO4Si/c1-10-14-20(30(8,9)24(5,6)7)28-21(26)19(17-18-15-12-11-13-16-18)25-22(27)29-23(2,3)4/h10-16,19-20H,17H2,1-9H3,(H,25,27)/b14-10-/t19-,20-/m0/s1. The van der Waals surface area contributed by atoms with E-state index in [2.05, 4.69) is 39.2 Å². The van der Waals surface area contributed by atoms with E-state index >= 15 is 0 Å². The Morgan fingerprint density at radius 2 is 1.63 bits per heavy atom. The molecule has 1 amide bonds. The van der Waals surface area contributed by atoms with Gasteiger partial charge in [0.2, 0.25) is 0 Å². The van der Waals surface area contributed by atoms with Crippen molar-refractivity contribution in [2.75, 3.05) is 0 Å². The molecule has 0 aliphatic carbocycles. The molecule has 0 aliphatic rings. The van der Waals surface area contributed by atoms with Crippen LogP contribution in [-0.4, -0.2) is 37.5 Å². The fraction of sp³-hybridized carbons (Fsp3) is 0.583. The minimum atomic E-state index is -2.01. The van der Waals surface area contributed by atoms with Crippen molar-refractivity contribution >= 4 is 20.1 Å². The number of esters is 1. The zero-order chi connectivity index (χ0) is 23.2. The summed E-state index contributed by atoms with van der Waals surface area (Å²) in [7, 11) is -2.01. The van der Waals surface area contributed by atoms with Gasteiger partial charge >= 0.3 is 12.1 Å². The molecule has 0 saturated heterocycles. The molecule has 5 nitrogen and oxygen atoms in total. The maximum Gasteiger partial charge on any atom is 0.408 e. The highest BCUT2D eigenvalue weighted by atomic mass is 28.3. The Labute approximate surface area is 183 Å². The molecule has 1 rings (SSSR count). The summed E-state index contributed by atoms with van der Waals surface area (Å²) in [4.78, 5) is 25.6. The molecule has 0 radical (unpaired) electrons. The molecule has 0 fully saturated rings. The van der Waals surface area contributed by atoms with Gasteiger partial charge in [0, 0.05) is 6.42 Å².